The third-order valence-electron chi connectivity index (χ3n) is 4.08. The summed E-state index contributed by atoms with van der Waals surface area (Å²) >= 11 is 0. The molecule has 0 N–H and O–H groups in total. The highest BCUT2D eigenvalue weighted by molar-refractivity contribution is 5.94. The van der Waals surface area contributed by atoms with Crippen LogP contribution in [0.2, 0.25) is 0 Å². The van der Waals surface area contributed by atoms with Crippen molar-refractivity contribution in [3.8, 4) is 0 Å². The third kappa shape index (κ3) is 2.79. The molecule has 2 aromatic rings. The molecule has 6 heteroatoms. The summed E-state index contributed by atoms with van der Waals surface area (Å²) in [6.07, 6.45) is 2.34. The normalized spacial score (nSPS) is 17.9. The molecule has 3 rings (SSSR count). The standard InChI is InChI=1S/C15H19N5O/c1-11-4-3-5-13(10-11)19(2)15(21)12-6-7-14-16-17-18-20(14)9-8-12/h3-5,10,12H,6-9H2,1-2H3. The molecule has 1 aromatic carbocycles. The summed E-state index contributed by atoms with van der Waals surface area (Å²) in [6.45, 7) is 2.74. The van der Waals surface area contributed by atoms with E-state index in [2.05, 4.69) is 15.5 Å². The van der Waals surface area contributed by atoms with Crippen LogP contribution in [0.25, 0.3) is 0 Å². The molecule has 110 valence electrons. The summed E-state index contributed by atoms with van der Waals surface area (Å²) in [5.74, 6) is 1.06. The van der Waals surface area contributed by atoms with Crippen LogP contribution in [0.5, 0.6) is 0 Å². The number of rotatable bonds is 2. The summed E-state index contributed by atoms with van der Waals surface area (Å²) in [4.78, 5) is 14.5. The zero-order chi connectivity index (χ0) is 14.8. The van der Waals surface area contributed by atoms with Crippen molar-refractivity contribution in [1.82, 2.24) is 20.2 Å². The number of anilines is 1. The summed E-state index contributed by atoms with van der Waals surface area (Å²) in [6, 6.07) is 8.01. The molecule has 0 aliphatic carbocycles. The van der Waals surface area contributed by atoms with E-state index in [1.807, 2.05) is 38.2 Å². The van der Waals surface area contributed by atoms with Gasteiger partial charge in [0.2, 0.25) is 5.91 Å². The van der Waals surface area contributed by atoms with Gasteiger partial charge in [-0.2, -0.15) is 0 Å². The highest BCUT2D eigenvalue weighted by Gasteiger charge is 2.26. The zero-order valence-corrected chi connectivity index (χ0v) is 12.4. The fraction of sp³-hybridized carbons (Fsp3) is 0.467. The predicted octanol–water partition coefficient (Wildman–Crippen LogP) is 1.60. The first-order valence-corrected chi connectivity index (χ1v) is 7.24. The van der Waals surface area contributed by atoms with Crippen LogP contribution in [0.3, 0.4) is 0 Å². The monoisotopic (exact) mass is 285 g/mol. The molecule has 0 saturated carbocycles. The molecular formula is C15H19N5O. The van der Waals surface area contributed by atoms with Crippen molar-refractivity contribution in [2.45, 2.75) is 32.7 Å². The number of amides is 1. The highest BCUT2D eigenvalue weighted by Crippen LogP contribution is 2.23. The molecule has 1 aliphatic rings. The minimum atomic E-state index is 0.0130. The van der Waals surface area contributed by atoms with Gasteiger partial charge in [0.25, 0.3) is 0 Å². The Morgan fingerprint density at radius 3 is 3.05 bits per heavy atom. The molecular weight excluding hydrogens is 266 g/mol. The van der Waals surface area contributed by atoms with Crippen molar-refractivity contribution in [1.29, 1.82) is 0 Å². The van der Waals surface area contributed by atoms with Crippen LogP contribution in [0.4, 0.5) is 5.69 Å². The Kier molecular flexibility index (Phi) is 3.68. The Balaban J connectivity index is 1.72. The van der Waals surface area contributed by atoms with E-state index < -0.39 is 0 Å². The topological polar surface area (TPSA) is 63.9 Å². The van der Waals surface area contributed by atoms with E-state index in [1.54, 1.807) is 9.58 Å². The Hall–Kier alpha value is -2.24. The van der Waals surface area contributed by atoms with Crippen molar-refractivity contribution in [2.75, 3.05) is 11.9 Å². The van der Waals surface area contributed by atoms with E-state index in [9.17, 15) is 4.79 Å². The number of nitrogens with zero attached hydrogens (tertiary/aromatic N) is 5. The highest BCUT2D eigenvalue weighted by atomic mass is 16.2. The minimum Gasteiger partial charge on any atom is -0.315 e. The molecule has 0 fully saturated rings. The van der Waals surface area contributed by atoms with Crippen LogP contribution >= 0.6 is 0 Å². The van der Waals surface area contributed by atoms with Crippen molar-refractivity contribution < 1.29 is 4.79 Å². The van der Waals surface area contributed by atoms with Crippen LogP contribution < -0.4 is 4.90 Å². The molecule has 0 radical (unpaired) electrons. The second-order valence-electron chi connectivity index (χ2n) is 5.58. The van der Waals surface area contributed by atoms with Gasteiger partial charge in [-0.1, -0.05) is 12.1 Å². The van der Waals surface area contributed by atoms with Crippen LogP contribution in [0, 0.1) is 12.8 Å². The lowest BCUT2D eigenvalue weighted by atomic mass is 9.98. The molecule has 21 heavy (non-hydrogen) atoms. The summed E-state index contributed by atoms with van der Waals surface area (Å²) in [5.41, 5.74) is 2.10. The smallest absolute Gasteiger partial charge is 0.229 e. The zero-order valence-electron chi connectivity index (χ0n) is 12.4. The first-order chi connectivity index (χ1) is 10.1. The lowest BCUT2D eigenvalue weighted by Crippen LogP contribution is -2.33. The van der Waals surface area contributed by atoms with Gasteiger partial charge in [0.1, 0.15) is 0 Å². The maximum atomic E-state index is 12.7. The molecule has 1 amide bonds. The predicted molar refractivity (Wildman–Crippen MR) is 78.8 cm³/mol. The van der Waals surface area contributed by atoms with Crippen LogP contribution in [0.15, 0.2) is 24.3 Å². The third-order valence-corrected chi connectivity index (χ3v) is 4.08. The van der Waals surface area contributed by atoms with Gasteiger partial charge in [-0.3, -0.25) is 4.79 Å². The number of hydrogen-bond donors (Lipinski definition) is 0. The second kappa shape index (κ2) is 5.63. The molecule has 1 unspecified atom stereocenters. The van der Waals surface area contributed by atoms with Crippen molar-refractivity contribution in [3.05, 3.63) is 35.7 Å². The van der Waals surface area contributed by atoms with E-state index >= 15 is 0 Å². The van der Waals surface area contributed by atoms with Gasteiger partial charge in [-0.25, -0.2) is 4.68 Å². The number of fused-ring (bicyclic) bond motifs is 1. The van der Waals surface area contributed by atoms with E-state index in [1.165, 1.54) is 0 Å². The molecule has 1 atom stereocenters. The van der Waals surface area contributed by atoms with Gasteiger partial charge in [-0.05, 0) is 47.9 Å². The van der Waals surface area contributed by atoms with Gasteiger partial charge in [0.05, 0.1) is 0 Å². The second-order valence-corrected chi connectivity index (χ2v) is 5.58. The van der Waals surface area contributed by atoms with Crippen LogP contribution in [0.1, 0.15) is 24.2 Å². The van der Waals surface area contributed by atoms with Gasteiger partial charge in [-0.15, -0.1) is 5.10 Å². The Labute approximate surface area is 123 Å². The molecule has 0 saturated heterocycles. The average molecular weight is 285 g/mol. The molecule has 2 heterocycles. The first kappa shape index (κ1) is 13.7. The number of carbonyl (C=O) groups excluding carboxylic acids is 1. The average Bonchev–Trinajstić information content (AvgIpc) is 2.84. The Morgan fingerprint density at radius 1 is 1.38 bits per heavy atom. The largest absolute Gasteiger partial charge is 0.315 e. The minimum absolute atomic E-state index is 0.0130. The van der Waals surface area contributed by atoms with Gasteiger partial charge in [0.15, 0.2) is 5.82 Å². The van der Waals surface area contributed by atoms with E-state index in [0.717, 1.165) is 36.3 Å². The number of aromatic nitrogens is 4. The first-order valence-electron chi connectivity index (χ1n) is 7.24. The van der Waals surface area contributed by atoms with Gasteiger partial charge < -0.3 is 4.90 Å². The molecule has 0 bridgehead atoms. The maximum absolute atomic E-state index is 12.7. The Bertz CT molecular complexity index is 629. The number of carbonyl (C=O) groups is 1. The van der Waals surface area contributed by atoms with Crippen molar-refractivity contribution >= 4 is 11.6 Å². The lowest BCUT2D eigenvalue weighted by molar-refractivity contribution is -0.122. The fourth-order valence-corrected chi connectivity index (χ4v) is 2.79. The van der Waals surface area contributed by atoms with Crippen molar-refractivity contribution in [2.24, 2.45) is 5.92 Å². The number of benzene rings is 1. The Morgan fingerprint density at radius 2 is 2.24 bits per heavy atom. The van der Waals surface area contributed by atoms with E-state index in [0.29, 0.717) is 6.54 Å². The summed E-state index contributed by atoms with van der Waals surface area (Å²) in [5, 5.41) is 11.6. The molecule has 0 spiro atoms. The maximum Gasteiger partial charge on any atom is 0.229 e. The van der Waals surface area contributed by atoms with Gasteiger partial charge >= 0.3 is 0 Å². The number of aryl methyl sites for hydroxylation is 3. The summed E-state index contributed by atoms with van der Waals surface area (Å²) < 4.78 is 1.81. The van der Waals surface area contributed by atoms with E-state index in [4.69, 9.17) is 0 Å². The quantitative estimate of drug-likeness (QED) is 0.840. The van der Waals surface area contributed by atoms with Crippen LogP contribution in [-0.4, -0.2) is 33.2 Å². The summed E-state index contributed by atoms with van der Waals surface area (Å²) in [7, 11) is 1.85. The number of hydrogen-bond acceptors (Lipinski definition) is 4. The van der Waals surface area contributed by atoms with Crippen molar-refractivity contribution in [3.63, 3.8) is 0 Å². The molecule has 1 aliphatic heterocycles. The van der Waals surface area contributed by atoms with Crippen LogP contribution in [-0.2, 0) is 17.8 Å². The lowest BCUT2D eigenvalue weighted by Gasteiger charge is -2.23. The van der Waals surface area contributed by atoms with E-state index in [-0.39, 0.29) is 11.8 Å². The molecule has 6 nitrogen and oxygen atoms in total. The molecule has 1 aromatic heterocycles. The SMILES string of the molecule is Cc1cccc(N(C)C(=O)C2CCc3nnnn3CC2)c1. The van der Waals surface area contributed by atoms with Gasteiger partial charge in [0, 0.05) is 31.6 Å². The fourth-order valence-electron chi connectivity index (χ4n) is 2.79. The number of tetrazole rings is 1.